The highest BCUT2D eigenvalue weighted by molar-refractivity contribution is 6.33. The summed E-state index contributed by atoms with van der Waals surface area (Å²) in [5.41, 5.74) is 1.29. The number of hydrogen-bond acceptors (Lipinski definition) is 5. The molecule has 2 aromatic heterocycles. The molecule has 0 aliphatic carbocycles. The van der Waals surface area contributed by atoms with E-state index in [1.807, 2.05) is 30.3 Å². The molecule has 0 amide bonds. The van der Waals surface area contributed by atoms with Crippen molar-refractivity contribution in [1.29, 1.82) is 0 Å². The Balaban J connectivity index is 1.83. The molecule has 6 heteroatoms. The average molecular weight is 367 g/mol. The maximum absolute atomic E-state index is 12.1. The third-order valence-corrected chi connectivity index (χ3v) is 4.10. The van der Waals surface area contributed by atoms with Gasteiger partial charge in [0.25, 0.3) is 0 Å². The van der Waals surface area contributed by atoms with E-state index in [4.69, 9.17) is 25.2 Å². The van der Waals surface area contributed by atoms with Gasteiger partial charge in [-0.1, -0.05) is 41.9 Å². The molecule has 0 N–H and O–H groups in total. The lowest BCUT2D eigenvalue weighted by atomic mass is 10.0. The van der Waals surface area contributed by atoms with E-state index in [0.717, 1.165) is 5.56 Å². The largest absolute Gasteiger partial charge is 0.457 e. The second-order valence-electron chi connectivity index (χ2n) is 5.49. The number of benzene rings is 2. The molecule has 0 atom stereocenters. The number of carbonyl (C=O) groups is 1. The van der Waals surface area contributed by atoms with Gasteiger partial charge in [-0.25, -0.2) is 9.59 Å². The fourth-order valence-electron chi connectivity index (χ4n) is 2.64. The minimum Gasteiger partial charge on any atom is -0.457 e. The van der Waals surface area contributed by atoms with Crippen LogP contribution in [-0.4, -0.2) is 5.97 Å². The summed E-state index contributed by atoms with van der Waals surface area (Å²) >= 11 is 6.28. The zero-order valence-electron chi connectivity index (χ0n) is 13.3. The molecule has 0 fully saturated rings. The maximum atomic E-state index is 12.1. The van der Waals surface area contributed by atoms with E-state index in [-0.39, 0.29) is 22.1 Å². The van der Waals surface area contributed by atoms with Crippen molar-refractivity contribution in [2.24, 2.45) is 0 Å². The summed E-state index contributed by atoms with van der Waals surface area (Å²) in [6, 6.07) is 16.9. The van der Waals surface area contributed by atoms with E-state index in [9.17, 15) is 9.59 Å². The first-order chi connectivity index (χ1) is 12.6. The van der Waals surface area contributed by atoms with Gasteiger partial charge >= 0.3 is 11.6 Å². The Kier molecular flexibility index (Phi) is 4.07. The number of fused-ring (bicyclic) bond motifs is 1. The summed E-state index contributed by atoms with van der Waals surface area (Å²) in [5.74, 6) is -0.576. The van der Waals surface area contributed by atoms with Crippen molar-refractivity contribution in [3.05, 3.63) is 88.1 Å². The van der Waals surface area contributed by atoms with Crippen LogP contribution in [-0.2, 0) is 0 Å². The first-order valence-corrected chi connectivity index (χ1v) is 8.08. The summed E-state index contributed by atoms with van der Waals surface area (Å²) in [5, 5.41) is 0.849. The van der Waals surface area contributed by atoms with Crippen molar-refractivity contribution >= 4 is 28.5 Å². The molecule has 0 unspecified atom stereocenters. The monoisotopic (exact) mass is 366 g/mol. The first-order valence-electron chi connectivity index (χ1n) is 7.70. The SMILES string of the molecule is O=C(Oc1cc2oc(=O)cc(-c3ccccc3)c2cc1Cl)c1ccco1. The number of carbonyl (C=O) groups excluding carboxylic acids is 1. The van der Waals surface area contributed by atoms with Gasteiger partial charge in [-0.05, 0) is 29.3 Å². The Morgan fingerprint density at radius 2 is 1.81 bits per heavy atom. The number of ether oxygens (including phenoxy) is 1. The lowest BCUT2D eigenvalue weighted by Crippen LogP contribution is -2.08. The number of furan rings is 1. The zero-order chi connectivity index (χ0) is 18.1. The van der Waals surface area contributed by atoms with Gasteiger partial charge in [-0.3, -0.25) is 0 Å². The minimum absolute atomic E-state index is 0.0423. The molecule has 0 bridgehead atoms. The highest BCUT2D eigenvalue weighted by atomic mass is 35.5. The highest BCUT2D eigenvalue weighted by Crippen LogP contribution is 2.35. The molecule has 0 saturated heterocycles. The molecule has 0 aliphatic heterocycles. The molecule has 0 spiro atoms. The van der Waals surface area contributed by atoms with Crippen LogP contribution < -0.4 is 10.4 Å². The van der Waals surface area contributed by atoms with E-state index in [0.29, 0.717) is 10.9 Å². The lowest BCUT2D eigenvalue weighted by molar-refractivity contribution is 0.0701. The molecule has 0 aliphatic rings. The third kappa shape index (κ3) is 3.00. The lowest BCUT2D eigenvalue weighted by Gasteiger charge is -2.09. The van der Waals surface area contributed by atoms with Crippen LogP contribution >= 0.6 is 11.6 Å². The Bertz CT molecular complexity index is 1140. The number of rotatable bonds is 3. The summed E-state index contributed by atoms with van der Waals surface area (Å²) in [7, 11) is 0. The van der Waals surface area contributed by atoms with Gasteiger partial charge in [0.1, 0.15) is 5.58 Å². The molecular weight excluding hydrogens is 356 g/mol. The second-order valence-corrected chi connectivity index (χ2v) is 5.90. The fraction of sp³-hybridized carbons (Fsp3) is 0. The van der Waals surface area contributed by atoms with Crippen molar-refractivity contribution in [2.45, 2.75) is 0 Å². The van der Waals surface area contributed by atoms with Crippen molar-refractivity contribution in [2.75, 3.05) is 0 Å². The smallest absolute Gasteiger partial charge is 0.379 e. The summed E-state index contributed by atoms with van der Waals surface area (Å²) < 4.78 is 15.5. The van der Waals surface area contributed by atoms with Gasteiger partial charge in [-0.2, -0.15) is 0 Å². The van der Waals surface area contributed by atoms with Crippen LogP contribution in [0.2, 0.25) is 5.02 Å². The third-order valence-electron chi connectivity index (χ3n) is 3.81. The molecule has 2 heterocycles. The normalized spacial score (nSPS) is 10.8. The van der Waals surface area contributed by atoms with Gasteiger partial charge in [-0.15, -0.1) is 0 Å². The molecule has 0 radical (unpaired) electrons. The Hall–Kier alpha value is -3.31. The zero-order valence-corrected chi connectivity index (χ0v) is 14.0. The molecular formula is C20H11ClO5. The fourth-order valence-corrected chi connectivity index (χ4v) is 2.84. The quantitative estimate of drug-likeness (QED) is 0.292. The summed E-state index contributed by atoms with van der Waals surface area (Å²) in [6.45, 7) is 0. The van der Waals surface area contributed by atoms with Crippen LogP contribution in [0, 0.1) is 0 Å². The second kappa shape index (κ2) is 6.54. The van der Waals surface area contributed by atoms with Crippen LogP contribution in [0.1, 0.15) is 10.6 Å². The Morgan fingerprint density at radius 3 is 2.54 bits per heavy atom. The summed E-state index contributed by atoms with van der Waals surface area (Å²) in [6.07, 6.45) is 1.36. The van der Waals surface area contributed by atoms with Crippen LogP contribution in [0.5, 0.6) is 5.75 Å². The van der Waals surface area contributed by atoms with Crippen LogP contribution in [0.4, 0.5) is 0 Å². The molecule has 128 valence electrons. The molecule has 5 nitrogen and oxygen atoms in total. The van der Waals surface area contributed by atoms with Gasteiger partial charge in [0.2, 0.25) is 5.76 Å². The predicted molar refractivity (Wildman–Crippen MR) is 96.6 cm³/mol. The van der Waals surface area contributed by atoms with Gasteiger partial charge in [0.05, 0.1) is 11.3 Å². The van der Waals surface area contributed by atoms with Gasteiger partial charge in [0.15, 0.2) is 5.75 Å². The minimum atomic E-state index is -0.696. The Morgan fingerprint density at radius 1 is 1.00 bits per heavy atom. The van der Waals surface area contributed by atoms with Crippen molar-refractivity contribution < 1.29 is 18.4 Å². The van der Waals surface area contributed by atoms with Crippen LogP contribution in [0.25, 0.3) is 22.1 Å². The van der Waals surface area contributed by atoms with E-state index < -0.39 is 11.6 Å². The maximum Gasteiger partial charge on any atom is 0.379 e. The van der Waals surface area contributed by atoms with Crippen molar-refractivity contribution in [3.8, 4) is 16.9 Å². The van der Waals surface area contributed by atoms with Gasteiger partial charge < -0.3 is 13.6 Å². The topological polar surface area (TPSA) is 69.7 Å². The van der Waals surface area contributed by atoms with Crippen molar-refractivity contribution in [3.63, 3.8) is 0 Å². The van der Waals surface area contributed by atoms with E-state index in [1.54, 1.807) is 12.1 Å². The Labute approximate surface area is 152 Å². The van der Waals surface area contributed by atoms with E-state index in [2.05, 4.69) is 0 Å². The van der Waals surface area contributed by atoms with Crippen molar-refractivity contribution in [1.82, 2.24) is 0 Å². The summed E-state index contributed by atoms with van der Waals surface area (Å²) in [4.78, 5) is 24.0. The number of hydrogen-bond donors (Lipinski definition) is 0. The van der Waals surface area contributed by atoms with Crippen LogP contribution in [0.3, 0.4) is 0 Å². The molecule has 0 saturated carbocycles. The van der Waals surface area contributed by atoms with Gasteiger partial charge in [0, 0.05) is 17.5 Å². The highest BCUT2D eigenvalue weighted by Gasteiger charge is 2.17. The number of halogens is 1. The molecule has 26 heavy (non-hydrogen) atoms. The average Bonchev–Trinajstić information content (AvgIpc) is 3.18. The predicted octanol–water partition coefficient (Wildman–Crippen LogP) is 4.93. The molecule has 2 aromatic carbocycles. The molecule has 4 rings (SSSR count). The van der Waals surface area contributed by atoms with E-state index >= 15 is 0 Å². The van der Waals surface area contributed by atoms with E-state index in [1.165, 1.54) is 24.5 Å². The molecule has 4 aromatic rings. The van der Waals surface area contributed by atoms with Crippen LogP contribution in [0.15, 0.2) is 80.6 Å². The standard InChI is InChI=1S/C20H11ClO5/c21-15-9-14-13(12-5-2-1-3-6-12)10-19(22)25-17(14)11-18(15)26-20(23)16-7-4-8-24-16/h1-11H. The number of esters is 1. The first kappa shape index (κ1) is 16.2.